The van der Waals surface area contributed by atoms with Crippen LogP contribution in [0.1, 0.15) is 45.4 Å². The molecule has 0 bridgehead atoms. The van der Waals surface area contributed by atoms with Crippen LogP contribution in [0.5, 0.6) is 0 Å². The summed E-state index contributed by atoms with van der Waals surface area (Å²) in [7, 11) is 0. The molecule has 0 aromatic heterocycles. The lowest BCUT2D eigenvalue weighted by molar-refractivity contribution is -0.137. The van der Waals surface area contributed by atoms with Crippen LogP contribution < -0.4 is 0 Å². The van der Waals surface area contributed by atoms with E-state index in [1.54, 1.807) is 0 Å². The first-order valence-electron chi connectivity index (χ1n) is 5.89. The van der Waals surface area contributed by atoms with Gasteiger partial charge in [-0.15, -0.1) is 0 Å². The molecule has 2 heteroatoms. The average Bonchev–Trinajstić information content (AvgIpc) is 2.90. The Morgan fingerprint density at radius 3 is 2.64 bits per heavy atom. The number of ketones is 1. The van der Waals surface area contributed by atoms with Crippen molar-refractivity contribution in [2.45, 2.75) is 57.7 Å². The lowest BCUT2D eigenvalue weighted by Gasteiger charge is -2.39. The van der Waals surface area contributed by atoms with E-state index in [0.717, 1.165) is 32.1 Å². The Labute approximate surface area is 85.0 Å². The van der Waals surface area contributed by atoms with Crippen LogP contribution in [0.4, 0.5) is 0 Å². The van der Waals surface area contributed by atoms with Crippen LogP contribution in [0.15, 0.2) is 0 Å². The third-order valence-electron chi connectivity index (χ3n) is 4.43. The standard InChI is InChI=1S/C12H18O2/c1-12(5-2-6-12)11(13)8-3-4-9-10(7-8)14-9/h8-10H,2-7H2,1H3. The number of hydrogen-bond donors (Lipinski definition) is 0. The van der Waals surface area contributed by atoms with E-state index in [9.17, 15) is 4.79 Å². The highest BCUT2D eigenvalue weighted by Gasteiger charge is 2.49. The summed E-state index contributed by atoms with van der Waals surface area (Å²) in [5.41, 5.74) is 0.0480. The molecular formula is C12H18O2. The Morgan fingerprint density at radius 1 is 1.29 bits per heavy atom. The van der Waals surface area contributed by atoms with E-state index >= 15 is 0 Å². The molecular weight excluding hydrogens is 176 g/mol. The number of carbonyl (C=O) groups excluding carboxylic acids is 1. The smallest absolute Gasteiger partial charge is 0.141 e. The number of fused-ring (bicyclic) bond motifs is 1. The normalized spacial score (nSPS) is 43.6. The fourth-order valence-electron chi connectivity index (χ4n) is 3.09. The lowest BCUT2D eigenvalue weighted by atomic mass is 9.63. The lowest BCUT2D eigenvalue weighted by Crippen LogP contribution is -2.40. The van der Waals surface area contributed by atoms with Crippen molar-refractivity contribution in [1.82, 2.24) is 0 Å². The van der Waals surface area contributed by atoms with Gasteiger partial charge in [-0.25, -0.2) is 0 Å². The molecule has 2 nitrogen and oxygen atoms in total. The molecule has 3 unspecified atom stereocenters. The zero-order chi connectivity index (χ0) is 9.76. The van der Waals surface area contributed by atoms with Crippen molar-refractivity contribution in [3.05, 3.63) is 0 Å². The van der Waals surface area contributed by atoms with Gasteiger partial charge < -0.3 is 4.74 Å². The van der Waals surface area contributed by atoms with Gasteiger partial charge in [-0.2, -0.15) is 0 Å². The summed E-state index contributed by atoms with van der Waals surface area (Å²) in [5, 5.41) is 0. The summed E-state index contributed by atoms with van der Waals surface area (Å²) in [4.78, 5) is 12.2. The molecule has 2 aliphatic carbocycles. The van der Waals surface area contributed by atoms with Crippen molar-refractivity contribution in [3.8, 4) is 0 Å². The first-order valence-corrected chi connectivity index (χ1v) is 5.89. The molecule has 1 saturated heterocycles. The highest BCUT2D eigenvalue weighted by atomic mass is 16.6. The van der Waals surface area contributed by atoms with E-state index in [4.69, 9.17) is 4.74 Å². The summed E-state index contributed by atoms with van der Waals surface area (Å²) in [6, 6.07) is 0. The molecule has 3 aliphatic rings. The summed E-state index contributed by atoms with van der Waals surface area (Å²) in [6.45, 7) is 2.15. The molecule has 14 heavy (non-hydrogen) atoms. The quantitative estimate of drug-likeness (QED) is 0.631. The maximum atomic E-state index is 12.2. The predicted molar refractivity (Wildman–Crippen MR) is 53.0 cm³/mol. The number of Topliss-reactive ketones (excluding diaryl/α,β-unsaturated/α-hetero) is 1. The number of carbonyl (C=O) groups is 1. The number of hydrogen-bond acceptors (Lipinski definition) is 2. The van der Waals surface area contributed by atoms with Crippen LogP contribution in [0.3, 0.4) is 0 Å². The zero-order valence-electron chi connectivity index (χ0n) is 8.79. The minimum absolute atomic E-state index is 0.0480. The molecule has 0 N–H and O–H groups in total. The fourth-order valence-corrected chi connectivity index (χ4v) is 3.09. The fraction of sp³-hybridized carbons (Fsp3) is 0.917. The molecule has 0 radical (unpaired) electrons. The van der Waals surface area contributed by atoms with Crippen LogP contribution in [0, 0.1) is 11.3 Å². The molecule has 1 heterocycles. The Hall–Kier alpha value is -0.370. The monoisotopic (exact) mass is 194 g/mol. The highest BCUT2D eigenvalue weighted by molar-refractivity contribution is 5.87. The Morgan fingerprint density at radius 2 is 2.07 bits per heavy atom. The number of rotatable bonds is 2. The van der Waals surface area contributed by atoms with Crippen LogP contribution >= 0.6 is 0 Å². The Kier molecular flexibility index (Phi) is 1.79. The molecule has 0 aromatic carbocycles. The van der Waals surface area contributed by atoms with Gasteiger partial charge >= 0.3 is 0 Å². The molecule has 0 spiro atoms. The molecule has 2 saturated carbocycles. The van der Waals surface area contributed by atoms with Gasteiger partial charge in [-0.3, -0.25) is 4.79 Å². The van der Waals surface area contributed by atoms with Crippen LogP contribution in [-0.2, 0) is 9.53 Å². The molecule has 3 fully saturated rings. The minimum atomic E-state index is 0.0480. The third-order valence-corrected chi connectivity index (χ3v) is 4.43. The maximum absolute atomic E-state index is 12.2. The van der Waals surface area contributed by atoms with Gasteiger partial charge in [-0.05, 0) is 32.1 Å². The van der Waals surface area contributed by atoms with Crippen molar-refractivity contribution >= 4 is 5.78 Å². The topological polar surface area (TPSA) is 29.6 Å². The molecule has 0 aromatic rings. The van der Waals surface area contributed by atoms with Crippen molar-refractivity contribution in [3.63, 3.8) is 0 Å². The number of epoxide rings is 1. The van der Waals surface area contributed by atoms with Crippen molar-refractivity contribution in [2.75, 3.05) is 0 Å². The summed E-state index contributed by atoms with van der Waals surface area (Å²) < 4.78 is 5.47. The summed E-state index contributed by atoms with van der Waals surface area (Å²) in [6.07, 6.45) is 7.67. The van der Waals surface area contributed by atoms with E-state index in [-0.39, 0.29) is 5.41 Å². The first kappa shape index (κ1) is 8.90. The maximum Gasteiger partial charge on any atom is 0.141 e. The largest absolute Gasteiger partial charge is 0.370 e. The van der Waals surface area contributed by atoms with Gasteiger partial charge in [0.2, 0.25) is 0 Å². The van der Waals surface area contributed by atoms with Crippen molar-refractivity contribution in [1.29, 1.82) is 0 Å². The molecule has 3 rings (SSSR count). The van der Waals surface area contributed by atoms with E-state index < -0.39 is 0 Å². The van der Waals surface area contributed by atoms with E-state index in [0.29, 0.717) is 23.9 Å². The highest BCUT2D eigenvalue weighted by Crippen LogP contribution is 2.47. The molecule has 78 valence electrons. The molecule has 0 amide bonds. The number of ether oxygens (including phenoxy) is 1. The van der Waals surface area contributed by atoms with E-state index in [1.165, 1.54) is 6.42 Å². The second-order valence-corrected chi connectivity index (χ2v) is 5.50. The van der Waals surface area contributed by atoms with Crippen LogP contribution in [0.25, 0.3) is 0 Å². The van der Waals surface area contributed by atoms with Crippen LogP contribution in [0.2, 0.25) is 0 Å². The van der Waals surface area contributed by atoms with E-state index in [1.807, 2.05) is 0 Å². The average molecular weight is 194 g/mol. The van der Waals surface area contributed by atoms with Gasteiger partial charge in [0, 0.05) is 11.3 Å². The second kappa shape index (κ2) is 2.82. The Bertz CT molecular complexity index is 267. The van der Waals surface area contributed by atoms with E-state index in [2.05, 4.69) is 6.92 Å². The Balaban J connectivity index is 1.66. The van der Waals surface area contributed by atoms with Crippen LogP contribution in [-0.4, -0.2) is 18.0 Å². The van der Waals surface area contributed by atoms with Gasteiger partial charge in [0.05, 0.1) is 12.2 Å². The van der Waals surface area contributed by atoms with Gasteiger partial charge in [0.15, 0.2) is 0 Å². The third kappa shape index (κ3) is 1.23. The minimum Gasteiger partial charge on any atom is -0.370 e. The SMILES string of the molecule is CC1(C(=O)C2CCC3OC3C2)CCC1. The van der Waals surface area contributed by atoms with Gasteiger partial charge in [0.1, 0.15) is 5.78 Å². The zero-order valence-corrected chi connectivity index (χ0v) is 8.79. The summed E-state index contributed by atoms with van der Waals surface area (Å²) in [5.74, 6) is 0.863. The van der Waals surface area contributed by atoms with Crippen molar-refractivity contribution in [2.24, 2.45) is 11.3 Å². The van der Waals surface area contributed by atoms with Gasteiger partial charge in [-0.1, -0.05) is 13.3 Å². The first-order chi connectivity index (χ1) is 6.69. The van der Waals surface area contributed by atoms with Gasteiger partial charge in [0.25, 0.3) is 0 Å². The molecule has 3 atom stereocenters. The summed E-state index contributed by atoms with van der Waals surface area (Å²) >= 11 is 0. The van der Waals surface area contributed by atoms with Crippen molar-refractivity contribution < 1.29 is 9.53 Å². The molecule has 1 aliphatic heterocycles. The second-order valence-electron chi connectivity index (χ2n) is 5.50. The predicted octanol–water partition coefficient (Wildman–Crippen LogP) is 2.31.